The number of hydrogen-bond acceptors (Lipinski definition) is 4. The molecule has 0 aliphatic carbocycles. The van der Waals surface area contributed by atoms with E-state index in [1.807, 2.05) is 109 Å². The lowest BCUT2D eigenvalue weighted by atomic mass is 10.0. The molecule has 0 saturated carbocycles. The van der Waals surface area contributed by atoms with E-state index < -0.39 is 30.6 Å². The van der Waals surface area contributed by atoms with Gasteiger partial charge in [-0.1, -0.05) is 109 Å². The summed E-state index contributed by atoms with van der Waals surface area (Å²) in [5.41, 5.74) is 6.13. The third kappa shape index (κ3) is 6.45. The van der Waals surface area contributed by atoms with E-state index in [0.29, 0.717) is 0 Å². The predicted octanol–water partition coefficient (Wildman–Crippen LogP) is 7.32. The Hall–Kier alpha value is -4.18. The highest BCUT2D eigenvalue weighted by atomic mass is 16.6. The summed E-state index contributed by atoms with van der Waals surface area (Å²) in [4.78, 5) is 24.6. The minimum absolute atomic E-state index is 0.432. The van der Waals surface area contributed by atoms with Gasteiger partial charge in [-0.2, -0.15) is 0 Å². The minimum atomic E-state index is -0.610. The molecule has 0 aliphatic heterocycles. The average molecular weight is 465 g/mol. The monoisotopic (exact) mass is 464 g/mol. The van der Waals surface area contributed by atoms with Crippen LogP contribution >= 0.6 is 0 Å². The van der Waals surface area contributed by atoms with Crippen molar-refractivity contribution in [2.24, 2.45) is 0 Å². The minimum Gasteiger partial charge on any atom is -0.457 e. The van der Waals surface area contributed by atoms with Gasteiger partial charge < -0.3 is 9.47 Å². The molecule has 176 valence electrons. The molecule has 35 heavy (non-hydrogen) atoms. The van der Waals surface area contributed by atoms with E-state index in [-0.39, 0.29) is 0 Å². The molecule has 0 amide bonds. The van der Waals surface area contributed by atoms with Crippen molar-refractivity contribution in [3.05, 3.63) is 120 Å². The first-order valence-corrected chi connectivity index (χ1v) is 11.7. The Morgan fingerprint density at radius 1 is 0.514 bits per heavy atom. The Morgan fingerprint density at radius 2 is 0.829 bits per heavy atom. The molecule has 4 aromatic carbocycles. The fourth-order valence-electron chi connectivity index (χ4n) is 3.89. The zero-order valence-electron chi connectivity index (χ0n) is 19.9. The highest BCUT2D eigenvalue weighted by Crippen LogP contribution is 2.25. The Bertz CT molecular complexity index is 1150. The highest BCUT2D eigenvalue weighted by Gasteiger charge is 2.19. The van der Waals surface area contributed by atoms with Crippen molar-refractivity contribution in [1.29, 1.82) is 0 Å². The molecule has 0 radical (unpaired) electrons. The number of rotatable bonds is 8. The summed E-state index contributed by atoms with van der Waals surface area (Å²) in [6, 6.07) is 35.8. The molecule has 0 heterocycles. The van der Waals surface area contributed by atoms with Crippen molar-refractivity contribution in [3.8, 4) is 22.3 Å². The molecule has 0 bridgehead atoms. The van der Waals surface area contributed by atoms with Gasteiger partial charge in [0.05, 0.1) is 0 Å². The Kier molecular flexibility index (Phi) is 7.74. The first-order valence-electron chi connectivity index (χ1n) is 11.7. The molecule has 4 nitrogen and oxygen atoms in total. The van der Waals surface area contributed by atoms with Crippen molar-refractivity contribution in [2.75, 3.05) is 0 Å². The van der Waals surface area contributed by atoms with E-state index in [0.717, 1.165) is 33.4 Å². The zero-order valence-corrected chi connectivity index (χ0v) is 19.9. The number of carbonyl (C=O) groups is 2. The fraction of sp³-hybridized carbons (Fsp3) is 0.161. The molecule has 4 rings (SSSR count). The number of carbonyl (C=O) groups excluding carboxylic acids is 2. The van der Waals surface area contributed by atoms with Crippen LogP contribution < -0.4 is 0 Å². The van der Waals surface area contributed by atoms with Gasteiger partial charge in [0.15, 0.2) is 0 Å². The SMILES string of the molecule is CC(OC(=O)CC(=O)OC(C)c1ccc(-c2ccccc2)cc1)c1ccc(-c2ccccc2)cc1. The van der Waals surface area contributed by atoms with Gasteiger partial charge >= 0.3 is 11.9 Å². The van der Waals surface area contributed by atoms with E-state index in [2.05, 4.69) is 0 Å². The highest BCUT2D eigenvalue weighted by molar-refractivity contribution is 5.91. The lowest BCUT2D eigenvalue weighted by molar-refractivity contribution is -0.159. The van der Waals surface area contributed by atoms with Crippen molar-refractivity contribution >= 4 is 11.9 Å². The summed E-state index contributed by atoms with van der Waals surface area (Å²) in [6.07, 6.45) is -1.37. The summed E-state index contributed by atoms with van der Waals surface area (Å²) in [6.45, 7) is 3.58. The first kappa shape index (κ1) is 24.0. The van der Waals surface area contributed by atoms with Crippen LogP contribution in [0.2, 0.25) is 0 Å². The second-order valence-corrected chi connectivity index (χ2v) is 8.42. The number of esters is 2. The number of ether oxygens (including phenoxy) is 2. The lowest BCUT2D eigenvalue weighted by Gasteiger charge is -2.16. The fourth-order valence-corrected chi connectivity index (χ4v) is 3.89. The molecule has 2 unspecified atom stereocenters. The molecule has 0 aliphatic rings. The lowest BCUT2D eigenvalue weighted by Crippen LogP contribution is -2.17. The molecule has 4 heteroatoms. The normalized spacial score (nSPS) is 12.4. The van der Waals surface area contributed by atoms with Crippen molar-refractivity contribution in [3.63, 3.8) is 0 Å². The standard InChI is InChI=1S/C31H28O4/c1-22(24-13-17-28(18-14-24)26-9-5-3-6-10-26)34-30(32)21-31(33)35-23(2)25-15-19-29(20-16-25)27-11-7-4-8-12-27/h3-20,22-23H,21H2,1-2H3. The maximum atomic E-state index is 12.3. The van der Waals surface area contributed by atoms with Gasteiger partial charge in [0.1, 0.15) is 18.6 Å². The Morgan fingerprint density at radius 3 is 1.17 bits per heavy atom. The topological polar surface area (TPSA) is 52.6 Å². The summed E-state index contributed by atoms with van der Waals surface area (Å²) < 4.78 is 10.9. The molecule has 0 aromatic heterocycles. The maximum absolute atomic E-state index is 12.3. The predicted molar refractivity (Wildman–Crippen MR) is 137 cm³/mol. The Labute approximate surface area is 206 Å². The van der Waals surface area contributed by atoms with Crippen LogP contribution in [0.3, 0.4) is 0 Å². The van der Waals surface area contributed by atoms with Gasteiger partial charge in [0, 0.05) is 0 Å². The van der Waals surface area contributed by atoms with E-state index in [1.165, 1.54) is 0 Å². The van der Waals surface area contributed by atoms with Crippen LogP contribution in [0, 0.1) is 0 Å². The second kappa shape index (κ2) is 11.3. The van der Waals surface area contributed by atoms with Gasteiger partial charge in [-0.3, -0.25) is 9.59 Å². The Balaban J connectivity index is 1.27. The number of hydrogen-bond donors (Lipinski definition) is 0. The molecule has 0 saturated heterocycles. The van der Waals surface area contributed by atoms with Gasteiger partial charge in [0.25, 0.3) is 0 Å². The molecular weight excluding hydrogens is 436 g/mol. The van der Waals surface area contributed by atoms with Crippen LogP contribution in [0.1, 0.15) is 43.6 Å². The van der Waals surface area contributed by atoms with E-state index >= 15 is 0 Å². The van der Waals surface area contributed by atoms with Crippen molar-refractivity contribution < 1.29 is 19.1 Å². The molecule has 0 fully saturated rings. The second-order valence-electron chi connectivity index (χ2n) is 8.42. The average Bonchev–Trinajstić information content (AvgIpc) is 2.89. The van der Waals surface area contributed by atoms with Gasteiger partial charge in [-0.05, 0) is 47.2 Å². The quantitative estimate of drug-likeness (QED) is 0.202. The van der Waals surface area contributed by atoms with Crippen LogP contribution in [0.4, 0.5) is 0 Å². The van der Waals surface area contributed by atoms with E-state index in [1.54, 1.807) is 13.8 Å². The van der Waals surface area contributed by atoms with Crippen LogP contribution in [-0.2, 0) is 19.1 Å². The van der Waals surface area contributed by atoms with Crippen LogP contribution in [0.5, 0.6) is 0 Å². The van der Waals surface area contributed by atoms with E-state index in [4.69, 9.17) is 9.47 Å². The third-order valence-corrected chi connectivity index (χ3v) is 5.88. The third-order valence-electron chi connectivity index (χ3n) is 5.88. The maximum Gasteiger partial charge on any atom is 0.317 e. The number of benzene rings is 4. The zero-order chi connectivity index (χ0) is 24.6. The first-order chi connectivity index (χ1) is 17.0. The summed E-state index contributed by atoms with van der Waals surface area (Å²) >= 11 is 0. The largest absolute Gasteiger partial charge is 0.457 e. The van der Waals surface area contributed by atoms with Crippen molar-refractivity contribution in [2.45, 2.75) is 32.5 Å². The molecule has 0 N–H and O–H groups in total. The van der Waals surface area contributed by atoms with Crippen molar-refractivity contribution in [1.82, 2.24) is 0 Å². The van der Waals surface area contributed by atoms with Crippen LogP contribution in [0.25, 0.3) is 22.3 Å². The van der Waals surface area contributed by atoms with Gasteiger partial charge in [0.2, 0.25) is 0 Å². The smallest absolute Gasteiger partial charge is 0.317 e. The molecule has 2 atom stereocenters. The summed E-state index contributed by atoms with van der Waals surface area (Å²) in [7, 11) is 0. The summed E-state index contributed by atoms with van der Waals surface area (Å²) in [5.74, 6) is -1.22. The van der Waals surface area contributed by atoms with Gasteiger partial charge in [-0.25, -0.2) is 0 Å². The van der Waals surface area contributed by atoms with E-state index in [9.17, 15) is 9.59 Å². The molecule has 4 aromatic rings. The van der Waals surface area contributed by atoms with Gasteiger partial charge in [-0.15, -0.1) is 0 Å². The molecule has 0 spiro atoms. The van der Waals surface area contributed by atoms with Crippen LogP contribution in [0.15, 0.2) is 109 Å². The molecular formula is C31H28O4. The summed E-state index contributed by atoms with van der Waals surface area (Å²) in [5, 5.41) is 0. The van der Waals surface area contributed by atoms with Crippen LogP contribution in [-0.4, -0.2) is 11.9 Å².